The van der Waals surface area contributed by atoms with E-state index < -0.39 is 9.04 Å². The van der Waals surface area contributed by atoms with Gasteiger partial charge in [0, 0.05) is 11.7 Å². The first kappa shape index (κ1) is 13.9. The molecule has 0 saturated carbocycles. The summed E-state index contributed by atoms with van der Waals surface area (Å²) in [6, 6.07) is 0. The SMILES string of the molecule is C[SiH](C)OC1SSCC(C(C)(C)C)C1O. The summed E-state index contributed by atoms with van der Waals surface area (Å²) in [6.07, 6.45) is -0.314. The highest BCUT2D eigenvalue weighted by atomic mass is 33.1. The van der Waals surface area contributed by atoms with Crippen LogP contribution in [0.5, 0.6) is 0 Å². The molecule has 2 nitrogen and oxygen atoms in total. The Hall–Kier alpha value is 0.837. The highest BCUT2D eigenvalue weighted by Gasteiger charge is 2.40. The van der Waals surface area contributed by atoms with Crippen LogP contribution in [0.2, 0.25) is 13.1 Å². The molecule has 1 aliphatic rings. The first-order chi connectivity index (χ1) is 6.82. The van der Waals surface area contributed by atoms with Gasteiger partial charge in [-0.15, -0.1) is 0 Å². The molecule has 0 aromatic carbocycles. The summed E-state index contributed by atoms with van der Waals surface area (Å²) < 4.78 is 5.86. The normalized spacial score (nSPS) is 33.4. The van der Waals surface area contributed by atoms with Crippen LogP contribution in [0.15, 0.2) is 0 Å². The van der Waals surface area contributed by atoms with Gasteiger partial charge < -0.3 is 9.53 Å². The lowest BCUT2D eigenvalue weighted by Gasteiger charge is -2.41. The zero-order valence-corrected chi connectivity index (χ0v) is 13.0. The van der Waals surface area contributed by atoms with Gasteiger partial charge in [-0.25, -0.2) is 0 Å². The Labute approximate surface area is 103 Å². The monoisotopic (exact) mass is 266 g/mol. The largest absolute Gasteiger partial charge is 0.406 e. The summed E-state index contributed by atoms with van der Waals surface area (Å²) in [6.45, 7) is 10.9. The lowest BCUT2D eigenvalue weighted by molar-refractivity contribution is 0.00551. The molecule has 0 spiro atoms. The van der Waals surface area contributed by atoms with E-state index in [4.69, 9.17) is 4.43 Å². The van der Waals surface area contributed by atoms with E-state index in [0.29, 0.717) is 5.92 Å². The van der Waals surface area contributed by atoms with Gasteiger partial charge >= 0.3 is 0 Å². The molecule has 0 aromatic heterocycles. The molecule has 0 aromatic rings. The molecule has 1 aliphatic heterocycles. The number of rotatable bonds is 2. The number of aliphatic hydroxyl groups excluding tert-OH is 1. The minimum Gasteiger partial charge on any atom is -0.406 e. The van der Waals surface area contributed by atoms with Gasteiger partial charge in [0.1, 0.15) is 5.44 Å². The summed E-state index contributed by atoms with van der Waals surface area (Å²) in [5.41, 5.74) is 0.146. The lowest BCUT2D eigenvalue weighted by atomic mass is 9.78. The molecule has 0 radical (unpaired) electrons. The molecular formula is C10H22O2S2Si. The molecule has 1 rings (SSSR count). The van der Waals surface area contributed by atoms with Crippen LogP contribution in [0.1, 0.15) is 20.8 Å². The predicted molar refractivity (Wildman–Crippen MR) is 72.8 cm³/mol. The maximum atomic E-state index is 10.3. The summed E-state index contributed by atoms with van der Waals surface area (Å²) in [4.78, 5) is 0. The third-order valence-electron chi connectivity index (χ3n) is 2.62. The Morgan fingerprint density at radius 1 is 1.33 bits per heavy atom. The second-order valence-corrected chi connectivity index (χ2v) is 10.3. The fraction of sp³-hybridized carbons (Fsp3) is 1.00. The van der Waals surface area contributed by atoms with E-state index >= 15 is 0 Å². The summed E-state index contributed by atoms with van der Waals surface area (Å²) in [7, 11) is 2.48. The molecule has 1 fully saturated rings. The van der Waals surface area contributed by atoms with Crippen molar-refractivity contribution in [3.63, 3.8) is 0 Å². The molecule has 5 heteroatoms. The van der Waals surface area contributed by atoms with Crippen molar-refractivity contribution in [3.8, 4) is 0 Å². The Balaban J connectivity index is 2.63. The fourth-order valence-corrected chi connectivity index (χ4v) is 6.39. The quantitative estimate of drug-likeness (QED) is 0.615. The van der Waals surface area contributed by atoms with Crippen molar-refractivity contribution in [1.29, 1.82) is 0 Å². The van der Waals surface area contributed by atoms with Crippen LogP contribution in [-0.4, -0.2) is 31.4 Å². The van der Waals surface area contributed by atoms with E-state index in [2.05, 4.69) is 33.9 Å². The van der Waals surface area contributed by atoms with Crippen LogP contribution in [0, 0.1) is 11.3 Å². The fourth-order valence-electron chi connectivity index (χ4n) is 1.66. The van der Waals surface area contributed by atoms with Gasteiger partial charge in [0.25, 0.3) is 0 Å². The molecule has 1 saturated heterocycles. The maximum absolute atomic E-state index is 10.3. The van der Waals surface area contributed by atoms with Crippen molar-refractivity contribution in [2.75, 3.05) is 5.75 Å². The molecule has 0 amide bonds. The van der Waals surface area contributed by atoms with Gasteiger partial charge in [0.05, 0.1) is 6.10 Å². The van der Waals surface area contributed by atoms with Crippen LogP contribution in [0.4, 0.5) is 0 Å². The van der Waals surface area contributed by atoms with Gasteiger partial charge in [-0.2, -0.15) is 0 Å². The minimum atomic E-state index is -1.06. The second-order valence-electron chi connectivity index (χ2n) is 5.40. The van der Waals surface area contributed by atoms with E-state index in [-0.39, 0.29) is 17.0 Å². The summed E-state index contributed by atoms with van der Waals surface area (Å²) in [5.74, 6) is 1.36. The van der Waals surface area contributed by atoms with E-state index in [1.165, 1.54) is 0 Å². The van der Waals surface area contributed by atoms with E-state index in [9.17, 15) is 5.11 Å². The molecule has 0 bridgehead atoms. The first-order valence-corrected chi connectivity index (χ1v) is 10.6. The third kappa shape index (κ3) is 3.96. The van der Waals surface area contributed by atoms with Gasteiger partial charge in [0.2, 0.25) is 0 Å². The Kier molecular flexibility index (Phi) is 5.05. The maximum Gasteiger partial charge on any atom is 0.172 e. The van der Waals surface area contributed by atoms with Crippen LogP contribution in [-0.2, 0) is 4.43 Å². The smallest absolute Gasteiger partial charge is 0.172 e. The van der Waals surface area contributed by atoms with E-state index in [1.54, 1.807) is 10.8 Å². The summed E-state index contributed by atoms with van der Waals surface area (Å²) in [5, 5.41) is 10.3. The number of hydrogen-bond donors (Lipinski definition) is 1. The molecule has 90 valence electrons. The zero-order valence-electron chi connectivity index (χ0n) is 10.2. The van der Waals surface area contributed by atoms with Gasteiger partial charge in [-0.05, 0) is 18.5 Å². The third-order valence-corrected chi connectivity index (χ3v) is 6.25. The van der Waals surface area contributed by atoms with Crippen molar-refractivity contribution >= 4 is 30.6 Å². The highest BCUT2D eigenvalue weighted by molar-refractivity contribution is 8.77. The van der Waals surface area contributed by atoms with Crippen molar-refractivity contribution in [2.45, 2.75) is 45.4 Å². The molecule has 3 unspecified atom stereocenters. The van der Waals surface area contributed by atoms with Crippen LogP contribution < -0.4 is 0 Å². The number of aliphatic hydroxyl groups is 1. The lowest BCUT2D eigenvalue weighted by Crippen LogP contribution is -2.44. The topological polar surface area (TPSA) is 29.5 Å². The standard InChI is InChI=1S/C10H22O2S2Si/c1-10(2,3)7-6-13-14-9(8(7)11)12-15(4)5/h7-9,11,15H,6H2,1-5H3. The van der Waals surface area contributed by atoms with Crippen LogP contribution in [0.25, 0.3) is 0 Å². The van der Waals surface area contributed by atoms with E-state index in [0.717, 1.165) is 5.75 Å². The Bertz CT molecular complexity index is 206. The zero-order chi connectivity index (χ0) is 11.6. The van der Waals surface area contributed by atoms with Crippen molar-refractivity contribution in [3.05, 3.63) is 0 Å². The van der Waals surface area contributed by atoms with Crippen LogP contribution in [0.3, 0.4) is 0 Å². The minimum absolute atomic E-state index is 0.0142. The number of hydrogen-bond acceptors (Lipinski definition) is 4. The van der Waals surface area contributed by atoms with Gasteiger partial charge in [0.15, 0.2) is 9.04 Å². The first-order valence-electron chi connectivity index (χ1n) is 5.44. The molecule has 1 heterocycles. The van der Waals surface area contributed by atoms with Crippen LogP contribution >= 0.6 is 21.6 Å². The Morgan fingerprint density at radius 2 is 1.93 bits per heavy atom. The molecule has 3 atom stereocenters. The van der Waals surface area contributed by atoms with Crippen molar-refractivity contribution in [1.82, 2.24) is 0 Å². The van der Waals surface area contributed by atoms with Gasteiger partial charge in [-0.1, -0.05) is 42.4 Å². The predicted octanol–water partition coefficient (Wildman–Crippen LogP) is 2.73. The Morgan fingerprint density at radius 3 is 2.40 bits per heavy atom. The second kappa shape index (κ2) is 5.45. The average molecular weight is 267 g/mol. The summed E-state index contributed by atoms with van der Waals surface area (Å²) >= 11 is 0. The average Bonchev–Trinajstić information content (AvgIpc) is 2.05. The van der Waals surface area contributed by atoms with Crippen molar-refractivity contribution < 1.29 is 9.53 Å². The highest BCUT2D eigenvalue weighted by Crippen LogP contribution is 2.45. The molecule has 1 N–H and O–H groups in total. The van der Waals surface area contributed by atoms with Crippen molar-refractivity contribution in [2.24, 2.45) is 11.3 Å². The van der Waals surface area contributed by atoms with E-state index in [1.807, 2.05) is 10.8 Å². The molecular weight excluding hydrogens is 244 g/mol. The molecule has 0 aliphatic carbocycles. The van der Waals surface area contributed by atoms with Gasteiger partial charge in [-0.3, -0.25) is 0 Å². The molecule has 15 heavy (non-hydrogen) atoms.